The molecule has 0 atom stereocenters. The Bertz CT molecular complexity index is 1150. The maximum atomic E-state index is 12.5. The summed E-state index contributed by atoms with van der Waals surface area (Å²) in [5, 5.41) is 15.8. The van der Waals surface area contributed by atoms with Crippen molar-refractivity contribution in [2.45, 2.75) is 25.2 Å². The molecule has 2 aromatic rings. The molecule has 0 unspecified atom stereocenters. The van der Waals surface area contributed by atoms with Gasteiger partial charge in [-0.05, 0) is 48.4 Å². The molecule has 34 heavy (non-hydrogen) atoms. The molecule has 10 nitrogen and oxygen atoms in total. The van der Waals surface area contributed by atoms with Crippen molar-refractivity contribution in [3.63, 3.8) is 0 Å². The molecule has 182 valence electrons. The number of hydrazone groups is 1. The highest BCUT2D eigenvalue weighted by Gasteiger charge is 2.21. The highest BCUT2D eigenvalue weighted by Crippen LogP contribution is 2.27. The molecular formula is C23H29N5O5S. The Morgan fingerprint density at radius 3 is 2.26 bits per heavy atom. The van der Waals surface area contributed by atoms with Crippen LogP contribution < -0.4 is 20.2 Å². The van der Waals surface area contributed by atoms with E-state index in [1.54, 1.807) is 40.2 Å². The number of methoxy groups -OCH3 is 2. The van der Waals surface area contributed by atoms with Gasteiger partial charge in [0.25, 0.3) is 5.91 Å². The van der Waals surface area contributed by atoms with E-state index in [1.807, 2.05) is 12.1 Å². The highest BCUT2D eigenvalue weighted by atomic mass is 32.2. The van der Waals surface area contributed by atoms with E-state index in [0.717, 1.165) is 5.56 Å². The molecule has 0 aromatic heterocycles. The van der Waals surface area contributed by atoms with Gasteiger partial charge >= 0.3 is 0 Å². The van der Waals surface area contributed by atoms with Crippen LogP contribution in [-0.4, -0.2) is 58.2 Å². The molecule has 2 aromatic carbocycles. The smallest absolute Gasteiger partial charge is 0.282 e. The number of ether oxygens (including phenoxy) is 2. The lowest BCUT2D eigenvalue weighted by atomic mass is 10.1. The van der Waals surface area contributed by atoms with E-state index in [9.17, 15) is 18.5 Å². The zero-order chi connectivity index (χ0) is 25.1. The van der Waals surface area contributed by atoms with E-state index in [2.05, 4.69) is 15.8 Å². The Labute approximate surface area is 200 Å². The summed E-state index contributed by atoms with van der Waals surface area (Å²) in [7, 11) is -0.473. The Hall–Kier alpha value is -3.62. The van der Waals surface area contributed by atoms with Gasteiger partial charge in [0.15, 0.2) is 11.5 Å². The summed E-state index contributed by atoms with van der Waals surface area (Å²) in [6.07, 6.45) is 0.515. The molecule has 0 aliphatic carbocycles. The van der Waals surface area contributed by atoms with Gasteiger partial charge in [-0.3, -0.25) is 10.2 Å². The van der Waals surface area contributed by atoms with Crippen LogP contribution in [0.1, 0.15) is 19.4 Å². The normalized spacial score (nSPS) is 11.6. The molecule has 0 saturated heterocycles. The molecular weight excluding hydrogens is 458 g/mol. The number of anilines is 1. The molecule has 11 heteroatoms. The SMILES string of the molecule is CCN(CC)S(=O)(=O)c1ccc(NN=C(C#N)C(=O)NCCc2ccc(OC)c(OC)c2)cc1. The van der Waals surface area contributed by atoms with Gasteiger partial charge in [0.05, 0.1) is 24.8 Å². The molecule has 0 aliphatic rings. The lowest BCUT2D eigenvalue weighted by Crippen LogP contribution is -2.32. The van der Waals surface area contributed by atoms with Gasteiger partial charge in [-0.2, -0.15) is 14.7 Å². The van der Waals surface area contributed by atoms with Crippen LogP contribution in [0.15, 0.2) is 52.5 Å². The average molecular weight is 488 g/mol. The molecule has 2 rings (SSSR count). The van der Waals surface area contributed by atoms with Crippen molar-refractivity contribution < 1.29 is 22.7 Å². The van der Waals surface area contributed by atoms with Gasteiger partial charge in [-0.25, -0.2) is 8.42 Å². The van der Waals surface area contributed by atoms with Crippen molar-refractivity contribution in [2.75, 3.05) is 39.3 Å². The Morgan fingerprint density at radius 1 is 1.06 bits per heavy atom. The summed E-state index contributed by atoms with van der Waals surface area (Å²) in [6, 6.07) is 13.1. The lowest BCUT2D eigenvalue weighted by Gasteiger charge is -2.18. The van der Waals surface area contributed by atoms with Crippen molar-refractivity contribution in [3.8, 4) is 17.6 Å². The Balaban J connectivity index is 1.97. The number of hydrogen-bond acceptors (Lipinski definition) is 8. The predicted octanol–water partition coefficient (Wildman–Crippen LogP) is 2.38. The molecule has 2 N–H and O–H groups in total. The van der Waals surface area contributed by atoms with E-state index in [0.29, 0.717) is 36.7 Å². The third kappa shape index (κ3) is 6.69. The summed E-state index contributed by atoms with van der Waals surface area (Å²) in [5.74, 6) is 0.570. The lowest BCUT2D eigenvalue weighted by molar-refractivity contribution is -0.114. The summed E-state index contributed by atoms with van der Waals surface area (Å²) in [6.45, 7) is 4.57. The molecule has 0 aliphatic heterocycles. The minimum absolute atomic E-state index is 0.152. The summed E-state index contributed by atoms with van der Waals surface area (Å²) >= 11 is 0. The number of rotatable bonds is 12. The number of nitrogens with zero attached hydrogens (tertiary/aromatic N) is 3. The minimum Gasteiger partial charge on any atom is -0.493 e. The number of benzene rings is 2. The fraction of sp³-hybridized carbons (Fsp3) is 0.348. The number of sulfonamides is 1. The minimum atomic E-state index is -3.57. The summed E-state index contributed by atoms with van der Waals surface area (Å²) < 4.78 is 36.9. The predicted molar refractivity (Wildman–Crippen MR) is 129 cm³/mol. The second-order valence-corrected chi connectivity index (χ2v) is 8.93. The summed E-state index contributed by atoms with van der Waals surface area (Å²) in [5.41, 5.74) is 3.62. The fourth-order valence-electron chi connectivity index (χ4n) is 3.10. The van der Waals surface area contributed by atoms with Crippen molar-refractivity contribution in [1.82, 2.24) is 9.62 Å². The number of nitriles is 1. The van der Waals surface area contributed by atoms with E-state index >= 15 is 0 Å². The topological polar surface area (TPSA) is 133 Å². The van der Waals surface area contributed by atoms with E-state index in [4.69, 9.17) is 9.47 Å². The zero-order valence-corrected chi connectivity index (χ0v) is 20.5. The van der Waals surface area contributed by atoms with Gasteiger partial charge in [-0.15, -0.1) is 0 Å². The van der Waals surface area contributed by atoms with E-state index in [1.165, 1.54) is 28.6 Å². The Morgan fingerprint density at radius 2 is 1.71 bits per heavy atom. The number of nitrogens with one attached hydrogen (secondary N) is 2. The number of carbonyl (C=O) groups excluding carboxylic acids is 1. The number of carbonyl (C=O) groups is 1. The molecule has 0 bridgehead atoms. The standard InChI is InChI=1S/C23H29N5O5S/c1-5-28(6-2)34(30,31)19-10-8-18(9-11-19)26-27-20(16-24)23(29)25-14-13-17-7-12-21(32-3)22(15-17)33-4/h7-12,15,26H,5-6,13-14H2,1-4H3,(H,25,29). The first kappa shape index (κ1) is 26.6. The van der Waals surface area contributed by atoms with Gasteiger partial charge < -0.3 is 14.8 Å². The summed E-state index contributed by atoms with van der Waals surface area (Å²) in [4.78, 5) is 12.5. The number of amides is 1. The molecule has 0 saturated carbocycles. The van der Waals surface area contributed by atoms with E-state index < -0.39 is 15.9 Å². The van der Waals surface area contributed by atoms with Crippen LogP contribution in [0.4, 0.5) is 5.69 Å². The molecule has 0 heterocycles. The first-order chi connectivity index (χ1) is 16.3. The van der Waals surface area contributed by atoms with Crippen LogP contribution in [-0.2, 0) is 21.2 Å². The van der Waals surface area contributed by atoms with Gasteiger partial charge in [0.1, 0.15) is 6.07 Å². The van der Waals surface area contributed by atoms with Gasteiger partial charge in [0.2, 0.25) is 15.7 Å². The molecule has 0 spiro atoms. The van der Waals surface area contributed by atoms with Crippen LogP contribution in [0.3, 0.4) is 0 Å². The van der Waals surface area contributed by atoms with Crippen LogP contribution in [0.25, 0.3) is 0 Å². The first-order valence-electron chi connectivity index (χ1n) is 10.6. The third-order valence-electron chi connectivity index (χ3n) is 4.96. The second kappa shape index (κ2) is 12.6. The monoisotopic (exact) mass is 487 g/mol. The van der Waals surface area contributed by atoms with Crippen molar-refractivity contribution >= 4 is 27.3 Å². The van der Waals surface area contributed by atoms with E-state index in [-0.39, 0.29) is 17.2 Å². The average Bonchev–Trinajstić information content (AvgIpc) is 2.85. The Kier molecular flexibility index (Phi) is 9.85. The second-order valence-electron chi connectivity index (χ2n) is 6.99. The van der Waals surface area contributed by atoms with Crippen LogP contribution in [0.5, 0.6) is 11.5 Å². The van der Waals surface area contributed by atoms with Crippen molar-refractivity contribution in [2.24, 2.45) is 5.10 Å². The first-order valence-corrected chi connectivity index (χ1v) is 12.1. The molecule has 0 fully saturated rings. The van der Waals surface area contributed by atoms with Crippen LogP contribution in [0.2, 0.25) is 0 Å². The quantitative estimate of drug-likeness (QED) is 0.347. The fourth-order valence-corrected chi connectivity index (χ4v) is 4.56. The molecule has 0 radical (unpaired) electrons. The zero-order valence-electron chi connectivity index (χ0n) is 19.7. The maximum absolute atomic E-state index is 12.5. The van der Waals surface area contributed by atoms with Crippen molar-refractivity contribution in [3.05, 3.63) is 48.0 Å². The maximum Gasteiger partial charge on any atom is 0.282 e. The molecule has 1 amide bonds. The van der Waals surface area contributed by atoms with Gasteiger partial charge in [0, 0.05) is 19.6 Å². The number of hydrogen-bond donors (Lipinski definition) is 2. The van der Waals surface area contributed by atoms with Gasteiger partial charge in [-0.1, -0.05) is 19.9 Å². The van der Waals surface area contributed by atoms with Crippen molar-refractivity contribution in [1.29, 1.82) is 5.26 Å². The largest absolute Gasteiger partial charge is 0.493 e. The van der Waals surface area contributed by atoms with Crippen LogP contribution >= 0.6 is 0 Å². The third-order valence-corrected chi connectivity index (χ3v) is 7.03. The highest BCUT2D eigenvalue weighted by molar-refractivity contribution is 7.89. The van der Waals surface area contributed by atoms with Crippen LogP contribution in [0, 0.1) is 11.3 Å².